The first-order valence-electron chi connectivity index (χ1n) is 8.53. The first kappa shape index (κ1) is 20.7. The van der Waals surface area contributed by atoms with Crippen molar-refractivity contribution in [2.24, 2.45) is 5.73 Å². The second-order valence-electron chi connectivity index (χ2n) is 5.30. The first-order valence-corrected chi connectivity index (χ1v) is 8.93. The number of benzene rings is 1. The molecule has 1 aliphatic rings. The Bertz CT molecular complexity index is 546. The molecule has 1 heterocycles. The summed E-state index contributed by atoms with van der Waals surface area (Å²) in [5.74, 6) is 1.19. The van der Waals surface area contributed by atoms with Crippen LogP contribution in [0.25, 0.3) is 0 Å². The zero-order valence-electron chi connectivity index (χ0n) is 14.7. The number of hydrogen-bond donors (Lipinski definition) is 2. The maximum Gasteiger partial charge on any atom is 0.168 e. The maximum atomic E-state index is 5.78. The van der Waals surface area contributed by atoms with Gasteiger partial charge < -0.3 is 39.5 Å². The molecular formula is C17H26N2O6S. The van der Waals surface area contributed by atoms with Crippen LogP contribution in [-0.4, -0.2) is 71.2 Å². The Kier molecular flexibility index (Phi) is 10.1. The quantitative estimate of drug-likeness (QED) is 0.690. The second-order valence-corrected chi connectivity index (χ2v) is 5.74. The van der Waals surface area contributed by atoms with Crippen LogP contribution in [0.15, 0.2) is 18.2 Å². The molecule has 0 atom stereocenters. The van der Waals surface area contributed by atoms with Gasteiger partial charge in [0.05, 0.1) is 52.9 Å². The fraction of sp³-hybridized carbons (Fsp3) is 0.588. The van der Waals surface area contributed by atoms with Crippen LogP contribution in [0.2, 0.25) is 0 Å². The van der Waals surface area contributed by atoms with Gasteiger partial charge in [0, 0.05) is 11.8 Å². The van der Waals surface area contributed by atoms with Crippen LogP contribution in [0.3, 0.4) is 0 Å². The van der Waals surface area contributed by atoms with Gasteiger partial charge in [0.1, 0.15) is 13.2 Å². The number of ether oxygens (including phenoxy) is 6. The fourth-order valence-electron chi connectivity index (χ4n) is 2.14. The number of anilines is 1. The standard InChI is InChI=1S/C17H26N2O6S/c18-17(26)19-14-1-2-15-16(13-14)25-12-10-23-8-6-21-4-3-20-5-7-22-9-11-24-15/h1-2,13H,3-12H2,(H3,18,19,26). The van der Waals surface area contributed by atoms with Gasteiger partial charge in [-0.1, -0.05) is 0 Å². The predicted octanol–water partition coefficient (Wildman–Crippen LogP) is 1.18. The molecule has 0 bridgehead atoms. The van der Waals surface area contributed by atoms with Crippen LogP contribution in [0.1, 0.15) is 0 Å². The highest BCUT2D eigenvalue weighted by Gasteiger charge is 2.08. The van der Waals surface area contributed by atoms with E-state index in [-0.39, 0.29) is 5.11 Å². The van der Waals surface area contributed by atoms with Crippen LogP contribution in [0.4, 0.5) is 5.69 Å². The Morgan fingerprint density at radius 2 is 1.19 bits per heavy atom. The number of nitrogens with one attached hydrogen (secondary N) is 1. The van der Waals surface area contributed by atoms with Crippen molar-refractivity contribution in [1.29, 1.82) is 0 Å². The van der Waals surface area contributed by atoms with Gasteiger partial charge in [-0.3, -0.25) is 0 Å². The lowest BCUT2D eigenvalue weighted by atomic mass is 10.2. The molecule has 2 rings (SSSR count). The Balaban J connectivity index is 1.93. The van der Waals surface area contributed by atoms with E-state index in [1.54, 1.807) is 12.1 Å². The van der Waals surface area contributed by atoms with Gasteiger partial charge in [0.2, 0.25) is 0 Å². The molecule has 0 spiro atoms. The molecule has 3 N–H and O–H groups in total. The summed E-state index contributed by atoms with van der Waals surface area (Å²) in [4.78, 5) is 0. The molecule has 26 heavy (non-hydrogen) atoms. The monoisotopic (exact) mass is 386 g/mol. The van der Waals surface area contributed by atoms with E-state index in [0.717, 1.165) is 5.69 Å². The van der Waals surface area contributed by atoms with E-state index in [1.165, 1.54) is 0 Å². The lowest BCUT2D eigenvalue weighted by molar-refractivity contribution is -0.00841. The molecule has 0 fully saturated rings. The number of rotatable bonds is 1. The third kappa shape index (κ3) is 8.63. The molecule has 0 aliphatic carbocycles. The van der Waals surface area contributed by atoms with Gasteiger partial charge in [0.15, 0.2) is 16.6 Å². The zero-order chi connectivity index (χ0) is 18.5. The summed E-state index contributed by atoms with van der Waals surface area (Å²) >= 11 is 4.86. The zero-order valence-corrected chi connectivity index (χ0v) is 15.6. The van der Waals surface area contributed by atoms with Gasteiger partial charge in [-0.2, -0.15) is 0 Å². The molecule has 1 aromatic carbocycles. The van der Waals surface area contributed by atoms with E-state index in [1.807, 2.05) is 6.07 Å². The van der Waals surface area contributed by atoms with Crippen LogP contribution in [-0.2, 0) is 18.9 Å². The Labute approximate surface area is 158 Å². The normalized spacial score (nSPS) is 18.3. The molecule has 146 valence electrons. The molecule has 0 aromatic heterocycles. The van der Waals surface area contributed by atoms with Crippen molar-refractivity contribution in [3.8, 4) is 11.5 Å². The van der Waals surface area contributed by atoms with Crippen LogP contribution >= 0.6 is 12.2 Å². The molecule has 0 saturated heterocycles. The largest absolute Gasteiger partial charge is 0.487 e. The van der Waals surface area contributed by atoms with E-state index in [2.05, 4.69) is 5.32 Å². The second kappa shape index (κ2) is 12.7. The summed E-state index contributed by atoms with van der Waals surface area (Å²) in [6.07, 6.45) is 0. The van der Waals surface area contributed by atoms with Crippen molar-refractivity contribution < 1.29 is 28.4 Å². The van der Waals surface area contributed by atoms with E-state index in [4.69, 9.17) is 46.4 Å². The van der Waals surface area contributed by atoms with E-state index in [9.17, 15) is 0 Å². The molecule has 1 aliphatic heterocycles. The Hall–Kier alpha value is -1.65. The van der Waals surface area contributed by atoms with Crippen molar-refractivity contribution in [2.45, 2.75) is 0 Å². The molecule has 8 nitrogen and oxygen atoms in total. The minimum Gasteiger partial charge on any atom is -0.487 e. The van der Waals surface area contributed by atoms with Gasteiger partial charge in [-0.15, -0.1) is 0 Å². The van der Waals surface area contributed by atoms with Crippen molar-refractivity contribution in [3.05, 3.63) is 18.2 Å². The predicted molar refractivity (Wildman–Crippen MR) is 101 cm³/mol. The highest BCUT2D eigenvalue weighted by Crippen LogP contribution is 2.30. The lowest BCUT2D eigenvalue weighted by Gasteiger charge is -2.15. The number of nitrogens with two attached hydrogens (primary N) is 1. The van der Waals surface area contributed by atoms with Crippen molar-refractivity contribution >= 4 is 23.0 Å². The van der Waals surface area contributed by atoms with Crippen molar-refractivity contribution in [3.63, 3.8) is 0 Å². The average molecular weight is 386 g/mol. The third-order valence-electron chi connectivity index (χ3n) is 3.30. The van der Waals surface area contributed by atoms with Gasteiger partial charge in [-0.25, -0.2) is 0 Å². The highest BCUT2D eigenvalue weighted by molar-refractivity contribution is 7.80. The smallest absolute Gasteiger partial charge is 0.168 e. The topological polar surface area (TPSA) is 93.4 Å². The highest BCUT2D eigenvalue weighted by atomic mass is 32.1. The minimum atomic E-state index is 0.185. The Morgan fingerprint density at radius 3 is 1.69 bits per heavy atom. The number of hydrogen-bond acceptors (Lipinski definition) is 7. The molecule has 0 saturated carbocycles. The summed E-state index contributed by atoms with van der Waals surface area (Å²) in [5.41, 5.74) is 6.24. The van der Waals surface area contributed by atoms with Crippen molar-refractivity contribution in [2.75, 3.05) is 71.4 Å². The van der Waals surface area contributed by atoms with Crippen LogP contribution in [0, 0.1) is 0 Å². The summed E-state index contributed by atoms with van der Waals surface area (Å²) < 4.78 is 33.3. The lowest BCUT2D eigenvalue weighted by Crippen LogP contribution is -2.19. The molecule has 0 radical (unpaired) electrons. The summed E-state index contributed by atoms with van der Waals surface area (Å²) in [6.45, 7) is 4.80. The number of fused-ring (bicyclic) bond motifs is 1. The van der Waals surface area contributed by atoms with E-state index >= 15 is 0 Å². The summed E-state index contributed by atoms with van der Waals surface area (Å²) in [7, 11) is 0. The Morgan fingerprint density at radius 1 is 0.731 bits per heavy atom. The average Bonchev–Trinajstić information content (AvgIpc) is 2.61. The third-order valence-corrected chi connectivity index (χ3v) is 3.40. The van der Waals surface area contributed by atoms with E-state index in [0.29, 0.717) is 77.6 Å². The van der Waals surface area contributed by atoms with Gasteiger partial charge >= 0.3 is 0 Å². The van der Waals surface area contributed by atoms with Crippen LogP contribution in [0.5, 0.6) is 11.5 Å². The molecule has 0 unspecified atom stereocenters. The van der Waals surface area contributed by atoms with Crippen molar-refractivity contribution in [1.82, 2.24) is 0 Å². The van der Waals surface area contributed by atoms with E-state index < -0.39 is 0 Å². The summed E-state index contributed by atoms with van der Waals surface area (Å²) in [5, 5.41) is 3.06. The SMILES string of the molecule is NC(=S)Nc1ccc2c(c1)OCCOCCOCCOCCOCCO2. The number of thiocarbonyl (C=S) groups is 1. The summed E-state index contributed by atoms with van der Waals surface area (Å²) in [6, 6.07) is 5.40. The fourth-order valence-corrected chi connectivity index (χ4v) is 2.26. The minimum absolute atomic E-state index is 0.185. The molecular weight excluding hydrogens is 360 g/mol. The first-order chi connectivity index (χ1) is 12.8. The van der Waals surface area contributed by atoms with Gasteiger partial charge in [-0.05, 0) is 24.4 Å². The molecule has 1 aromatic rings. The molecule has 9 heteroatoms. The molecule has 0 amide bonds. The van der Waals surface area contributed by atoms with Gasteiger partial charge in [0.25, 0.3) is 0 Å². The van der Waals surface area contributed by atoms with Crippen LogP contribution < -0.4 is 20.5 Å². The maximum absolute atomic E-state index is 5.78.